The van der Waals surface area contributed by atoms with Crippen molar-refractivity contribution in [1.29, 1.82) is 0 Å². The zero-order chi connectivity index (χ0) is 16.1. The van der Waals surface area contributed by atoms with E-state index in [0.29, 0.717) is 16.8 Å². The minimum Gasteiger partial charge on any atom is -0.332 e. The predicted octanol–water partition coefficient (Wildman–Crippen LogP) is 3.78. The van der Waals surface area contributed by atoms with Gasteiger partial charge in [-0.1, -0.05) is 22.0 Å². The van der Waals surface area contributed by atoms with E-state index < -0.39 is 0 Å². The number of nitrogens with one attached hydrogen (secondary N) is 2. The Balaban J connectivity index is 1.98. The minimum absolute atomic E-state index is 0.00270. The van der Waals surface area contributed by atoms with Gasteiger partial charge in [-0.15, -0.1) is 0 Å². The first-order valence-corrected chi connectivity index (χ1v) is 7.65. The normalized spacial score (nSPS) is 9.91. The van der Waals surface area contributed by atoms with E-state index in [9.17, 15) is 9.59 Å². The molecule has 2 rings (SSSR count). The number of thiocarbonyl (C=S) groups is 1. The van der Waals surface area contributed by atoms with Crippen molar-refractivity contribution in [3.63, 3.8) is 0 Å². The van der Waals surface area contributed by atoms with Crippen LogP contribution in [0.4, 0.5) is 5.69 Å². The van der Waals surface area contributed by atoms with E-state index in [0.717, 1.165) is 4.47 Å². The van der Waals surface area contributed by atoms with Crippen LogP contribution in [-0.4, -0.2) is 16.8 Å². The monoisotopic (exact) mass is 376 g/mol. The number of carbonyl (C=O) groups is 2. The molecule has 112 valence electrons. The zero-order valence-electron chi connectivity index (χ0n) is 11.7. The van der Waals surface area contributed by atoms with Gasteiger partial charge in [-0.2, -0.15) is 0 Å². The fraction of sp³-hybridized carbons (Fsp3) is 0.0625. The van der Waals surface area contributed by atoms with E-state index in [2.05, 4.69) is 26.6 Å². The summed E-state index contributed by atoms with van der Waals surface area (Å²) < 4.78 is 0.818. The zero-order valence-corrected chi connectivity index (χ0v) is 14.1. The molecule has 0 spiro atoms. The lowest BCUT2D eigenvalue weighted by molar-refractivity contribution is 0.0976. The maximum Gasteiger partial charge on any atom is 0.257 e. The largest absolute Gasteiger partial charge is 0.332 e. The number of amides is 1. The van der Waals surface area contributed by atoms with E-state index in [4.69, 9.17) is 12.2 Å². The van der Waals surface area contributed by atoms with Crippen LogP contribution in [-0.2, 0) is 0 Å². The number of hydrogen-bond acceptors (Lipinski definition) is 3. The van der Waals surface area contributed by atoms with E-state index in [1.807, 2.05) is 6.07 Å². The SMILES string of the molecule is CC(=O)c1ccc(NC(=S)NC(=O)c2cccc(Br)c2)cc1. The molecule has 2 aromatic rings. The summed E-state index contributed by atoms with van der Waals surface area (Å²) in [7, 11) is 0. The average Bonchev–Trinajstić information content (AvgIpc) is 2.47. The fourth-order valence-electron chi connectivity index (χ4n) is 1.76. The third kappa shape index (κ3) is 4.47. The Bertz CT molecular complexity index is 729. The molecular weight excluding hydrogens is 364 g/mol. The highest BCUT2D eigenvalue weighted by atomic mass is 79.9. The molecule has 4 nitrogen and oxygen atoms in total. The molecule has 0 aliphatic rings. The molecule has 0 aliphatic heterocycles. The molecule has 2 aromatic carbocycles. The van der Waals surface area contributed by atoms with Crippen molar-refractivity contribution in [3.05, 3.63) is 64.1 Å². The van der Waals surface area contributed by atoms with E-state index in [1.54, 1.807) is 42.5 Å². The Morgan fingerprint density at radius 2 is 1.73 bits per heavy atom. The maximum atomic E-state index is 12.0. The van der Waals surface area contributed by atoms with Crippen LogP contribution in [0.25, 0.3) is 0 Å². The van der Waals surface area contributed by atoms with Gasteiger partial charge in [0.1, 0.15) is 0 Å². The summed E-state index contributed by atoms with van der Waals surface area (Å²) in [5, 5.41) is 5.70. The molecule has 0 bridgehead atoms. The van der Waals surface area contributed by atoms with Crippen LogP contribution >= 0.6 is 28.1 Å². The topological polar surface area (TPSA) is 58.2 Å². The van der Waals surface area contributed by atoms with Crippen molar-refractivity contribution in [2.45, 2.75) is 6.92 Å². The van der Waals surface area contributed by atoms with E-state index >= 15 is 0 Å². The van der Waals surface area contributed by atoms with Gasteiger partial charge in [-0.25, -0.2) is 0 Å². The molecular formula is C16H13BrN2O2S. The molecule has 0 saturated heterocycles. The van der Waals surface area contributed by atoms with Gasteiger partial charge in [0.05, 0.1) is 0 Å². The smallest absolute Gasteiger partial charge is 0.257 e. The van der Waals surface area contributed by atoms with Crippen LogP contribution < -0.4 is 10.6 Å². The number of anilines is 1. The second kappa shape index (κ2) is 7.29. The number of rotatable bonds is 3. The van der Waals surface area contributed by atoms with Crippen molar-refractivity contribution >= 4 is 50.6 Å². The van der Waals surface area contributed by atoms with Crippen molar-refractivity contribution in [3.8, 4) is 0 Å². The number of hydrogen-bond donors (Lipinski definition) is 2. The third-order valence-corrected chi connectivity index (χ3v) is 3.56. The second-order valence-corrected chi connectivity index (χ2v) is 5.88. The molecule has 0 fully saturated rings. The summed E-state index contributed by atoms with van der Waals surface area (Å²) in [6.45, 7) is 1.51. The first kappa shape index (κ1) is 16.3. The van der Waals surface area contributed by atoms with E-state index in [1.165, 1.54) is 6.92 Å². The van der Waals surface area contributed by atoms with Gasteiger partial charge in [0.25, 0.3) is 5.91 Å². The molecule has 0 saturated carbocycles. The Hall–Kier alpha value is -2.05. The first-order chi connectivity index (χ1) is 10.5. The molecule has 2 N–H and O–H groups in total. The Labute approximate surface area is 142 Å². The van der Waals surface area contributed by atoms with Crippen molar-refractivity contribution in [2.75, 3.05) is 5.32 Å². The maximum absolute atomic E-state index is 12.0. The molecule has 6 heteroatoms. The highest BCUT2D eigenvalue weighted by Crippen LogP contribution is 2.12. The van der Waals surface area contributed by atoms with Gasteiger partial charge in [0.2, 0.25) is 0 Å². The minimum atomic E-state index is -0.292. The Kier molecular flexibility index (Phi) is 5.41. The predicted molar refractivity (Wildman–Crippen MR) is 94.3 cm³/mol. The average molecular weight is 377 g/mol. The number of carbonyl (C=O) groups excluding carboxylic acids is 2. The molecule has 0 unspecified atom stereocenters. The lowest BCUT2D eigenvalue weighted by Crippen LogP contribution is -2.34. The lowest BCUT2D eigenvalue weighted by Gasteiger charge is -2.10. The van der Waals surface area contributed by atoms with Crippen LogP contribution in [0, 0.1) is 0 Å². The highest BCUT2D eigenvalue weighted by Gasteiger charge is 2.08. The number of halogens is 1. The van der Waals surface area contributed by atoms with Gasteiger partial charge >= 0.3 is 0 Å². The van der Waals surface area contributed by atoms with Crippen molar-refractivity contribution in [2.24, 2.45) is 0 Å². The summed E-state index contributed by atoms with van der Waals surface area (Å²) in [6.07, 6.45) is 0. The van der Waals surface area contributed by atoms with Gasteiger partial charge in [-0.3, -0.25) is 14.9 Å². The second-order valence-electron chi connectivity index (χ2n) is 4.55. The standard InChI is InChI=1S/C16H13BrN2O2S/c1-10(20)11-5-7-14(8-6-11)18-16(22)19-15(21)12-3-2-4-13(17)9-12/h2-9H,1H3,(H2,18,19,21,22). The van der Waals surface area contributed by atoms with Crippen LogP contribution in [0.2, 0.25) is 0 Å². The molecule has 1 amide bonds. The Morgan fingerprint density at radius 3 is 2.32 bits per heavy atom. The molecule has 0 aromatic heterocycles. The van der Waals surface area contributed by atoms with Crippen LogP contribution in [0.3, 0.4) is 0 Å². The molecule has 0 heterocycles. The molecule has 0 radical (unpaired) electrons. The summed E-state index contributed by atoms with van der Waals surface area (Å²) in [4.78, 5) is 23.2. The summed E-state index contributed by atoms with van der Waals surface area (Å²) in [5.74, 6) is -0.295. The van der Waals surface area contributed by atoms with Crippen LogP contribution in [0.15, 0.2) is 53.0 Å². The van der Waals surface area contributed by atoms with Crippen molar-refractivity contribution in [1.82, 2.24) is 5.32 Å². The first-order valence-electron chi connectivity index (χ1n) is 6.44. The van der Waals surface area contributed by atoms with E-state index in [-0.39, 0.29) is 16.8 Å². The van der Waals surface area contributed by atoms with Gasteiger partial charge in [0.15, 0.2) is 10.9 Å². The van der Waals surface area contributed by atoms with Gasteiger partial charge < -0.3 is 5.32 Å². The highest BCUT2D eigenvalue weighted by molar-refractivity contribution is 9.10. The van der Waals surface area contributed by atoms with Gasteiger partial charge in [-0.05, 0) is 61.6 Å². The quantitative estimate of drug-likeness (QED) is 0.632. The van der Waals surface area contributed by atoms with Crippen LogP contribution in [0.1, 0.15) is 27.6 Å². The van der Waals surface area contributed by atoms with Crippen molar-refractivity contribution < 1.29 is 9.59 Å². The summed E-state index contributed by atoms with van der Waals surface area (Å²) >= 11 is 8.42. The third-order valence-electron chi connectivity index (χ3n) is 2.86. The number of benzene rings is 2. The van der Waals surface area contributed by atoms with Gasteiger partial charge in [0, 0.05) is 21.3 Å². The summed E-state index contributed by atoms with van der Waals surface area (Å²) in [6, 6.07) is 13.9. The molecule has 0 aliphatic carbocycles. The van der Waals surface area contributed by atoms with Crippen LogP contribution in [0.5, 0.6) is 0 Å². The summed E-state index contributed by atoms with van der Waals surface area (Å²) in [5.41, 5.74) is 1.82. The number of Topliss-reactive ketones (excluding diaryl/α,β-unsaturated/α-hetero) is 1. The Morgan fingerprint density at radius 1 is 1.05 bits per heavy atom. The number of ketones is 1. The molecule has 0 atom stereocenters. The fourth-order valence-corrected chi connectivity index (χ4v) is 2.37. The lowest BCUT2D eigenvalue weighted by atomic mass is 10.1. The molecule has 22 heavy (non-hydrogen) atoms.